The summed E-state index contributed by atoms with van der Waals surface area (Å²) in [6.45, 7) is 6.17. The van der Waals surface area contributed by atoms with E-state index in [1.807, 2.05) is 4.90 Å². The maximum atomic E-state index is 13.2. The van der Waals surface area contributed by atoms with E-state index in [9.17, 15) is 22.8 Å². The van der Waals surface area contributed by atoms with Crippen molar-refractivity contribution in [2.75, 3.05) is 18.0 Å². The molecule has 0 bridgehead atoms. The highest BCUT2D eigenvalue weighted by Crippen LogP contribution is 2.37. The zero-order chi connectivity index (χ0) is 24.2. The molecule has 0 saturated carbocycles. The van der Waals surface area contributed by atoms with Crippen molar-refractivity contribution in [3.8, 4) is 5.75 Å². The average molecular weight is 465 g/mol. The molecule has 1 aromatic heterocycles. The van der Waals surface area contributed by atoms with Gasteiger partial charge < -0.3 is 9.64 Å². The summed E-state index contributed by atoms with van der Waals surface area (Å²) < 4.78 is 45.1. The summed E-state index contributed by atoms with van der Waals surface area (Å²) in [5.74, 6) is -0.568. The van der Waals surface area contributed by atoms with Crippen LogP contribution in [0.25, 0.3) is 0 Å². The SMILES string of the molecule is CC(C)(C)C(=O)NNC(=O)c1ccc(N2CCC(Oc3ccccc3C(F)(F)F)CC2)nn1. The monoisotopic (exact) mass is 465 g/mol. The molecule has 178 valence electrons. The number of anilines is 1. The molecule has 33 heavy (non-hydrogen) atoms. The Balaban J connectivity index is 1.53. The molecule has 2 N–H and O–H groups in total. The predicted octanol–water partition coefficient (Wildman–Crippen LogP) is 3.35. The molecule has 1 aromatic carbocycles. The smallest absolute Gasteiger partial charge is 0.419 e. The molecule has 1 aliphatic rings. The molecule has 2 aromatic rings. The first-order valence-corrected chi connectivity index (χ1v) is 10.5. The Morgan fingerprint density at radius 3 is 2.24 bits per heavy atom. The van der Waals surface area contributed by atoms with Crippen molar-refractivity contribution < 1.29 is 27.5 Å². The van der Waals surface area contributed by atoms with Crippen LogP contribution in [-0.2, 0) is 11.0 Å². The molecular weight excluding hydrogens is 439 g/mol. The molecule has 0 spiro atoms. The summed E-state index contributed by atoms with van der Waals surface area (Å²) >= 11 is 0. The van der Waals surface area contributed by atoms with Crippen LogP contribution in [0.15, 0.2) is 36.4 Å². The number of alkyl halides is 3. The first-order valence-electron chi connectivity index (χ1n) is 10.5. The lowest BCUT2D eigenvalue weighted by Gasteiger charge is -2.33. The van der Waals surface area contributed by atoms with Crippen molar-refractivity contribution in [2.45, 2.75) is 45.9 Å². The quantitative estimate of drug-likeness (QED) is 0.673. The van der Waals surface area contributed by atoms with E-state index in [2.05, 4.69) is 21.0 Å². The zero-order valence-electron chi connectivity index (χ0n) is 18.6. The number of amides is 2. The molecular formula is C22H26F3N5O3. The van der Waals surface area contributed by atoms with E-state index in [-0.39, 0.29) is 23.5 Å². The number of rotatable bonds is 4. The number of para-hydroxylation sites is 1. The second kappa shape index (κ2) is 9.63. The van der Waals surface area contributed by atoms with Gasteiger partial charge in [0.15, 0.2) is 11.5 Å². The molecule has 0 radical (unpaired) electrons. The van der Waals surface area contributed by atoms with Gasteiger partial charge in [-0.3, -0.25) is 20.4 Å². The molecule has 3 rings (SSSR count). The van der Waals surface area contributed by atoms with Crippen molar-refractivity contribution in [2.24, 2.45) is 5.41 Å². The summed E-state index contributed by atoms with van der Waals surface area (Å²) in [4.78, 5) is 25.9. The van der Waals surface area contributed by atoms with Crippen molar-refractivity contribution in [3.05, 3.63) is 47.7 Å². The van der Waals surface area contributed by atoms with Gasteiger partial charge in [-0.2, -0.15) is 13.2 Å². The van der Waals surface area contributed by atoms with Gasteiger partial charge in [0.05, 0.1) is 5.56 Å². The Morgan fingerprint density at radius 2 is 1.67 bits per heavy atom. The number of carbonyl (C=O) groups is 2. The Labute approximate surface area is 189 Å². The van der Waals surface area contributed by atoms with E-state index < -0.39 is 23.1 Å². The molecule has 1 aliphatic heterocycles. The lowest BCUT2D eigenvalue weighted by molar-refractivity contribution is -0.139. The standard InChI is InChI=1S/C22H26F3N5O3/c1-21(2,3)20(32)29-28-19(31)16-8-9-18(27-26-16)30-12-10-14(11-13-30)33-17-7-5-4-6-15(17)22(23,24)25/h4-9,14H,10-13H2,1-3H3,(H,28,31)(H,29,32). The van der Waals surface area contributed by atoms with Crippen molar-refractivity contribution in [1.82, 2.24) is 21.0 Å². The third-order valence-electron chi connectivity index (χ3n) is 5.11. The number of hydrazine groups is 1. The molecule has 0 atom stereocenters. The van der Waals surface area contributed by atoms with Gasteiger partial charge in [-0.15, -0.1) is 10.2 Å². The van der Waals surface area contributed by atoms with E-state index in [0.29, 0.717) is 31.7 Å². The second-order valence-electron chi connectivity index (χ2n) is 8.73. The van der Waals surface area contributed by atoms with Gasteiger partial charge in [-0.05, 0) is 24.3 Å². The molecule has 8 nitrogen and oxygen atoms in total. The minimum Gasteiger partial charge on any atom is -0.490 e. The number of hydrogen-bond acceptors (Lipinski definition) is 6. The highest BCUT2D eigenvalue weighted by atomic mass is 19.4. The third-order valence-corrected chi connectivity index (χ3v) is 5.11. The zero-order valence-corrected chi connectivity index (χ0v) is 18.6. The van der Waals surface area contributed by atoms with Crippen LogP contribution in [0.5, 0.6) is 5.75 Å². The average Bonchev–Trinajstić information content (AvgIpc) is 2.77. The van der Waals surface area contributed by atoms with Crippen LogP contribution in [0.4, 0.5) is 19.0 Å². The number of halogens is 3. The van der Waals surface area contributed by atoms with Crippen molar-refractivity contribution in [3.63, 3.8) is 0 Å². The van der Waals surface area contributed by atoms with Crippen LogP contribution in [0.2, 0.25) is 0 Å². The second-order valence-corrected chi connectivity index (χ2v) is 8.73. The lowest BCUT2D eigenvalue weighted by Crippen LogP contribution is -2.46. The Hall–Kier alpha value is -3.37. The predicted molar refractivity (Wildman–Crippen MR) is 114 cm³/mol. The number of benzene rings is 1. The van der Waals surface area contributed by atoms with Crippen molar-refractivity contribution >= 4 is 17.6 Å². The maximum absolute atomic E-state index is 13.2. The summed E-state index contributed by atoms with van der Waals surface area (Å²) in [6, 6.07) is 8.30. The van der Waals surface area contributed by atoms with Gasteiger partial charge in [0.1, 0.15) is 11.9 Å². The van der Waals surface area contributed by atoms with Crippen molar-refractivity contribution in [1.29, 1.82) is 0 Å². The normalized spacial score (nSPS) is 15.2. The number of hydrogen-bond donors (Lipinski definition) is 2. The van der Waals surface area contributed by atoms with Crippen LogP contribution in [0.3, 0.4) is 0 Å². The molecule has 0 unspecified atom stereocenters. The van der Waals surface area contributed by atoms with E-state index in [0.717, 1.165) is 6.07 Å². The van der Waals surface area contributed by atoms with Gasteiger partial charge in [0.25, 0.3) is 5.91 Å². The number of nitrogens with one attached hydrogen (secondary N) is 2. The van der Waals surface area contributed by atoms with Gasteiger partial charge >= 0.3 is 6.18 Å². The van der Waals surface area contributed by atoms with Gasteiger partial charge in [-0.1, -0.05) is 32.9 Å². The molecule has 11 heteroatoms. The highest BCUT2D eigenvalue weighted by molar-refractivity contribution is 5.94. The minimum absolute atomic E-state index is 0.0370. The maximum Gasteiger partial charge on any atom is 0.419 e. The Morgan fingerprint density at radius 1 is 1.00 bits per heavy atom. The van der Waals surface area contributed by atoms with E-state index in [1.165, 1.54) is 24.3 Å². The number of aromatic nitrogens is 2. The van der Waals surface area contributed by atoms with E-state index in [1.54, 1.807) is 26.8 Å². The first-order chi connectivity index (χ1) is 15.4. The van der Waals surface area contributed by atoms with Gasteiger partial charge in [0.2, 0.25) is 5.91 Å². The topological polar surface area (TPSA) is 96.5 Å². The largest absolute Gasteiger partial charge is 0.490 e. The summed E-state index contributed by atoms with van der Waals surface area (Å²) in [7, 11) is 0. The summed E-state index contributed by atoms with van der Waals surface area (Å²) in [5.41, 5.74) is 3.22. The summed E-state index contributed by atoms with van der Waals surface area (Å²) in [5, 5.41) is 7.98. The molecule has 1 saturated heterocycles. The minimum atomic E-state index is -4.48. The molecule has 0 aliphatic carbocycles. The van der Waals surface area contributed by atoms with Crippen LogP contribution < -0.4 is 20.5 Å². The highest BCUT2D eigenvalue weighted by Gasteiger charge is 2.35. The fourth-order valence-electron chi connectivity index (χ4n) is 3.17. The third kappa shape index (κ3) is 6.33. The number of piperidine rings is 1. The number of carbonyl (C=O) groups excluding carboxylic acids is 2. The van der Waals surface area contributed by atoms with Crippen LogP contribution in [0.1, 0.15) is 49.7 Å². The van der Waals surface area contributed by atoms with Crippen LogP contribution in [-0.4, -0.2) is 41.2 Å². The molecule has 2 amide bonds. The summed E-state index contributed by atoms with van der Waals surface area (Å²) in [6.07, 6.45) is -3.81. The van der Waals surface area contributed by atoms with E-state index in [4.69, 9.17) is 4.74 Å². The fourth-order valence-corrected chi connectivity index (χ4v) is 3.17. The lowest BCUT2D eigenvalue weighted by atomic mass is 9.96. The van der Waals surface area contributed by atoms with Gasteiger partial charge in [0, 0.05) is 31.3 Å². The van der Waals surface area contributed by atoms with Gasteiger partial charge in [-0.25, -0.2) is 0 Å². The van der Waals surface area contributed by atoms with Crippen LogP contribution >= 0.6 is 0 Å². The fraction of sp³-hybridized carbons (Fsp3) is 0.455. The van der Waals surface area contributed by atoms with Crippen LogP contribution in [0, 0.1) is 5.41 Å². The number of nitrogens with zero attached hydrogens (tertiary/aromatic N) is 3. The molecule has 1 fully saturated rings. The van der Waals surface area contributed by atoms with E-state index >= 15 is 0 Å². The first kappa shape index (κ1) is 24.3. The molecule has 2 heterocycles. The number of ether oxygens (including phenoxy) is 1. The Kier molecular flexibility index (Phi) is 7.09. The Bertz CT molecular complexity index is 982.